The summed E-state index contributed by atoms with van der Waals surface area (Å²) in [4.78, 5) is 20.2. The van der Waals surface area contributed by atoms with Gasteiger partial charge in [-0.2, -0.15) is 4.98 Å². The lowest BCUT2D eigenvalue weighted by Crippen LogP contribution is -2.36. The van der Waals surface area contributed by atoms with E-state index in [0.29, 0.717) is 17.5 Å². The number of aromatic nitrogens is 3. The SMILES string of the molecule is CCCc1cc(-c2nc(-c3cc(C)c(OCC(O)CNC(=O)CO)c(C)c3)no2)cc(C)n1. The third kappa shape index (κ3) is 6.36. The molecule has 9 heteroatoms. The molecule has 33 heavy (non-hydrogen) atoms. The van der Waals surface area contributed by atoms with Gasteiger partial charge in [-0.3, -0.25) is 9.78 Å². The number of rotatable bonds is 10. The van der Waals surface area contributed by atoms with Gasteiger partial charge in [-0.15, -0.1) is 0 Å². The van der Waals surface area contributed by atoms with Crippen molar-refractivity contribution in [1.29, 1.82) is 0 Å². The maximum absolute atomic E-state index is 11.1. The van der Waals surface area contributed by atoms with Crippen molar-refractivity contribution >= 4 is 5.91 Å². The van der Waals surface area contributed by atoms with Crippen LogP contribution in [0.5, 0.6) is 5.75 Å². The molecule has 0 aliphatic carbocycles. The zero-order chi connectivity index (χ0) is 24.0. The molecule has 0 saturated carbocycles. The summed E-state index contributed by atoms with van der Waals surface area (Å²) in [6.07, 6.45) is 0.991. The summed E-state index contributed by atoms with van der Waals surface area (Å²) in [5.74, 6) is 1.01. The Hall–Kier alpha value is -3.30. The zero-order valence-corrected chi connectivity index (χ0v) is 19.4. The molecule has 0 radical (unpaired) electrons. The second-order valence-corrected chi connectivity index (χ2v) is 8.03. The van der Waals surface area contributed by atoms with E-state index in [1.165, 1.54) is 0 Å². The van der Waals surface area contributed by atoms with Crippen LogP contribution in [0.2, 0.25) is 0 Å². The summed E-state index contributed by atoms with van der Waals surface area (Å²) < 4.78 is 11.3. The third-order valence-corrected chi connectivity index (χ3v) is 5.00. The van der Waals surface area contributed by atoms with Crippen LogP contribution in [0.1, 0.15) is 35.9 Å². The maximum atomic E-state index is 11.1. The predicted octanol–water partition coefficient (Wildman–Crippen LogP) is 2.52. The van der Waals surface area contributed by atoms with Crippen molar-refractivity contribution in [3.63, 3.8) is 0 Å². The molecule has 3 rings (SSSR count). The molecule has 1 atom stereocenters. The smallest absolute Gasteiger partial charge is 0.258 e. The van der Waals surface area contributed by atoms with Gasteiger partial charge in [0.2, 0.25) is 11.7 Å². The van der Waals surface area contributed by atoms with Crippen molar-refractivity contribution in [1.82, 2.24) is 20.4 Å². The van der Waals surface area contributed by atoms with Gasteiger partial charge in [-0.25, -0.2) is 0 Å². The first-order valence-corrected chi connectivity index (χ1v) is 10.9. The van der Waals surface area contributed by atoms with E-state index in [2.05, 4.69) is 27.4 Å². The van der Waals surface area contributed by atoms with E-state index >= 15 is 0 Å². The molecule has 0 aliphatic rings. The standard InChI is InChI=1S/C24H30N4O5/c1-5-6-19-10-18(9-16(4)26-19)24-27-23(28-33-24)17-7-14(2)22(15(3)8-17)32-13-20(30)11-25-21(31)12-29/h7-10,20,29-30H,5-6,11-13H2,1-4H3,(H,25,31). The molecule has 0 saturated heterocycles. The lowest BCUT2D eigenvalue weighted by Gasteiger charge is -2.16. The van der Waals surface area contributed by atoms with Crippen molar-refractivity contribution in [3.05, 3.63) is 46.8 Å². The monoisotopic (exact) mass is 454 g/mol. The van der Waals surface area contributed by atoms with Crippen LogP contribution < -0.4 is 10.1 Å². The highest BCUT2D eigenvalue weighted by molar-refractivity contribution is 5.76. The molecule has 3 aromatic rings. The molecular formula is C24H30N4O5. The van der Waals surface area contributed by atoms with Crippen LogP contribution in [0, 0.1) is 20.8 Å². The fourth-order valence-electron chi connectivity index (χ4n) is 3.54. The van der Waals surface area contributed by atoms with E-state index in [-0.39, 0.29) is 13.2 Å². The molecule has 1 unspecified atom stereocenters. The largest absolute Gasteiger partial charge is 0.490 e. The van der Waals surface area contributed by atoms with Crippen LogP contribution in [-0.4, -0.2) is 57.1 Å². The van der Waals surface area contributed by atoms with E-state index in [1.54, 1.807) is 0 Å². The lowest BCUT2D eigenvalue weighted by molar-refractivity contribution is -0.124. The number of aryl methyl sites for hydroxylation is 4. The summed E-state index contributed by atoms with van der Waals surface area (Å²) >= 11 is 0. The minimum absolute atomic E-state index is 0.000576. The van der Waals surface area contributed by atoms with Gasteiger partial charge in [0.05, 0.1) is 0 Å². The summed E-state index contributed by atoms with van der Waals surface area (Å²) in [6.45, 7) is 7.24. The number of hydrogen-bond donors (Lipinski definition) is 3. The molecule has 3 N–H and O–H groups in total. The summed E-state index contributed by atoms with van der Waals surface area (Å²) in [7, 11) is 0. The van der Waals surface area contributed by atoms with Gasteiger partial charge in [-0.05, 0) is 62.6 Å². The third-order valence-electron chi connectivity index (χ3n) is 5.00. The number of nitrogens with zero attached hydrogens (tertiary/aromatic N) is 3. The van der Waals surface area contributed by atoms with Gasteiger partial charge in [0.15, 0.2) is 0 Å². The highest BCUT2D eigenvalue weighted by Crippen LogP contribution is 2.30. The lowest BCUT2D eigenvalue weighted by atomic mass is 10.1. The van der Waals surface area contributed by atoms with Gasteiger partial charge >= 0.3 is 0 Å². The van der Waals surface area contributed by atoms with Crippen LogP contribution in [0.15, 0.2) is 28.8 Å². The minimum atomic E-state index is -0.903. The Morgan fingerprint density at radius 2 is 1.85 bits per heavy atom. The number of ether oxygens (including phenoxy) is 1. The molecular weight excluding hydrogens is 424 g/mol. The number of nitrogens with one attached hydrogen (secondary N) is 1. The van der Waals surface area contributed by atoms with E-state index < -0.39 is 18.6 Å². The number of aliphatic hydroxyl groups excluding tert-OH is 2. The molecule has 2 heterocycles. The number of pyridine rings is 1. The van der Waals surface area contributed by atoms with Crippen LogP contribution >= 0.6 is 0 Å². The molecule has 176 valence electrons. The zero-order valence-electron chi connectivity index (χ0n) is 19.4. The Kier molecular flexibility index (Phi) is 8.13. The van der Waals surface area contributed by atoms with Gasteiger partial charge in [0, 0.05) is 29.1 Å². The molecule has 1 amide bonds. The Morgan fingerprint density at radius 1 is 1.12 bits per heavy atom. The molecule has 2 aromatic heterocycles. The summed E-state index contributed by atoms with van der Waals surface area (Å²) in [6, 6.07) is 7.71. The quantitative estimate of drug-likeness (QED) is 0.426. The molecule has 0 aliphatic heterocycles. The van der Waals surface area contributed by atoms with Crippen molar-refractivity contribution in [2.24, 2.45) is 0 Å². The summed E-state index contributed by atoms with van der Waals surface area (Å²) in [5.41, 5.74) is 5.25. The maximum Gasteiger partial charge on any atom is 0.258 e. The van der Waals surface area contributed by atoms with Crippen LogP contribution in [0.25, 0.3) is 22.8 Å². The van der Waals surface area contributed by atoms with Gasteiger partial charge in [0.1, 0.15) is 25.1 Å². The summed E-state index contributed by atoms with van der Waals surface area (Å²) in [5, 5.41) is 25.3. The Morgan fingerprint density at radius 3 is 2.52 bits per heavy atom. The number of aliphatic hydroxyl groups is 2. The van der Waals surface area contributed by atoms with E-state index in [1.807, 2.05) is 45.0 Å². The number of hydrogen-bond acceptors (Lipinski definition) is 8. The molecule has 0 spiro atoms. The van der Waals surface area contributed by atoms with Crippen LogP contribution in [0.4, 0.5) is 0 Å². The molecule has 0 fully saturated rings. The highest BCUT2D eigenvalue weighted by Gasteiger charge is 2.16. The van der Waals surface area contributed by atoms with Gasteiger partial charge < -0.3 is 24.8 Å². The predicted molar refractivity (Wildman–Crippen MR) is 123 cm³/mol. The highest BCUT2D eigenvalue weighted by atomic mass is 16.5. The van der Waals surface area contributed by atoms with Crippen molar-refractivity contribution in [2.45, 2.75) is 46.6 Å². The van der Waals surface area contributed by atoms with E-state index in [0.717, 1.165) is 46.5 Å². The fourth-order valence-corrected chi connectivity index (χ4v) is 3.54. The van der Waals surface area contributed by atoms with E-state index in [9.17, 15) is 9.90 Å². The van der Waals surface area contributed by atoms with Gasteiger partial charge in [0.25, 0.3) is 5.89 Å². The normalized spacial score (nSPS) is 11.9. The Bertz CT molecular complexity index is 1090. The first-order valence-electron chi connectivity index (χ1n) is 10.9. The van der Waals surface area contributed by atoms with Crippen LogP contribution in [0.3, 0.4) is 0 Å². The molecule has 0 bridgehead atoms. The number of amides is 1. The number of benzene rings is 1. The van der Waals surface area contributed by atoms with Gasteiger partial charge in [-0.1, -0.05) is 18.5 Å². The average Bonchev–Trinajstić information content (AvgIpc) is 3.27. The van der Waals surface area contributed by atoms with Crippen LogP contribution in [-0.2, 0) is 11.2 Å². The Balaban J connectivity index is 1.74. The average molecular weight is 455 g/mol. The second-order valence-electron chi connectivity index (χ2n) is 8.03. The molecule has 9 nitrogen and oxygen atoms in total. The fraction of sp³-hybridized carbons (Fsp3) is 0.417. The van der Waals surface area contributed by atoms with Crippen molar-refractivity contribution in [3.8, 4) is 28.6 Å². The van der Waals surface area contributed by atoms with Crippen molar-refractivity contribution < 1.29 is 24.3 Å². The van der Waals surface area contributed by atoms with E-state index in [4.69, 9.17) is 14.4 Å². The first kappa shape index (κ1) is 24.3. The number of carbonyl (C=O) groups excluding carboxylic acids is 1. The first-order chi connectivity index (χ1) is 15.8. The minimum Gasteiger partial charge on any atom is -0.490 e. The Labute approximate surface area is 192 Å². The second kappa shape index (κ2) is 11.0. The van der Waals surface area contributed by atoms with Crippen molar-refractivity contribution in [2.75, 3.05) is 19.8 Å². The molecule has 1 aromatic carbocycles. The topological polar surface area (TPSA) is 131 Å². The number of carbonyl (C=O) groups is 1.